The van der Waals surface area contributed by atoms with Crippen LogP contribution < -0.4 is 10.1 Å². The van der Waals surface area contributed by atoms with Gasteiger partial charge in [0.05, 0.1) is 5.56 Å². The van der Waals surface area contributed by atoms with Crippen LogP contribution in [-0.2, 0) is 0 Å². The van der Waals surface area contributed by atoms with Gasteiger partial charge in [0.15, 0.2) is 0 Å². The Morgan fingerprint density at radius 2 is 2.21 bits per heavy atom. The summed E-state index contributed by atoms with van der Waals surface area (Å²) in [6.45, 7) is 0.940. The average molecular weight is 270 g/mol. The molecule has 104 valence electrons. The van der Waals surface area contributed by atoms with E-state index < -0.39 is 6.61 Å². The molecule has 1 fully saturated rings. The molecule has 6 heteroatoms. The number of amides is 1. The Labute approximate surface area is 110 Å². The largest absolute Gasteiger partial charge is 0.434 e. The fraction of sp³-hybridized carbons (Fsp3) is 0.462. The number of alkyl halides is 2. The summed E-state index contributed by atoms with van der Waals surface area (Å²) in [7, 11) is 0. The zero-order chi connectivity index (χ0) is 13.8. The van der Waals surface area contributed by atoms with Crippen molar-refractivity contribution in [3.8, 4) is 5.75 Å². The Balaban J connectivity index is 2.22. The van der Waals surface area contributed by atoms with E-state index in [0.29, 0.717) is 19.6 Å². The molecular formula is C13H16F2N2O2. The van der Waals surface area contributed by atoms with E-state index in [2.05, 4.69) is 10.1 Å². The standard InChI is InChI=1S/C13H16F2N2O2/c1-9-8-16-6-7-17(9)12(18)10-4-2-3-5-11(10)19-13(14)15/h2-5,9,13,16H,6-8H2,1H3/t9-/m0/s1. The third kappa shape index (κ3) is 3.20. The molecule has 1 N–H and O–H groups in total. The summed E-state index contributed by atoms with van der Waals surface area (Å²) in [5.74, 6) is -0.349. The predicted octanol–water partition coefficient (Wildman–Crippen LogP) is 1.72. The highest BCUT2D eigenvalue weighted by Gasteiger charge is 2.26. The molecule has 1 aliphatic rings. The molecule has 0 bridgehead atoms. The van der Waals surface area contributed by atoms with Crippen molar-refractivity contribution in [1.29, 1.82) is 0 Å². The first-order chi connectivity index (χ1) is 9.09. The molecule has 2 rings (SSSR count). The second-order valence-electron chi connectivity index (χ2n) is 4.43. The third-order valence-corrected chi connectivity index (χ3v) is 3.10. The Bertz CT molecular complexity index is 454. The molecule has 0 unspecified atom stereocenters. The topological polar surface area (TPSA) is 41.6 Å². The van der Waals surface area contributed by atoms with Crippen LogP contribution in [0.5, 0.6) is 5.75 Å². The third-order valence-electron chi connectivity index (χ3n) is 3.10. The number of halogens is 2. The van der Waals surface area contributed by atoms with Crippen LogP contribution in [0.25, 0.3) is 0 Å². The number of piperazine rings is 1. The smallest absolute Gasteiger partial charge is 0.387 e. The number of nitrogens with one attached hydrogen (secondary N) is 1. The van der Waals surface area contributed by atoms with Gasteiger partial charge < -0.3 is 15.0 Å². The normalized spacial score (nSPS) is 19.6. The maximum Gasteiger partial charge on any atom is 0.387 e. The van der Waals surface area contributed by atoms with E-state index in [9.17, 15) is 13.6 Å². The van der Waals surface area contributed by atoms with Crippen molar-refractivity contribution in [3.63, 3.8) is 0 Å². The maximum absolute atomic E-state index is 12.4. The van der Waals surface area contributed by atoms with Crippen molar-refractivity contribution in [2.24, 2.45) is 0 Å². The van der Waals surface area contributed by atoms with Gasteiger partial charge in [0.2, 0.25) is 0 Å². The quantitative estimate of drug-likeness (QED) is 0.909. The number of rotatable bonds is 3. The fourth-order valence-corrected chi connectivity index (χ4v) is 2.14. The minimum absolute atomic E-state index is 0.0286. The van der Waals surface area contributed by atoms with Crippen molar-refractivity contribution in [1.82, 2.24) is 10.2 Å². The highest BCUT2D eigenvalue weighted by Crippen LogP contribution is 2.23. The van der Waals surface area contributed by atoms with Gasteiger partial charge in [-0.3, -0.25) is 4.79 Å². The van der Waals surface area contributed by atoms with E-state index in [1.807, 2.05) is 6.92 Å². The average Bonchev–Trinajstić information content (AvgIpc) is 2.38. The van der Waals surface area contributed by atoms with Gasteiger partial charge in [-0.05, 0) is 19.1 Å². The first-order valence-electron chi connectivity index (χ1n) is 6.15. The lowest BCUT2D eigenvalue weighted by atomic mass is 10.1. The first-order valence-corrected chi connectivity index (χ1v) is 6.15. The van der Waals surface area contributed by atoms with Crippen LogP contribution in [-0.4, -0.2) is 43.1 Å². The Hall–Kier alpha value is -1.69. The van der Waals surface area contributed by atoms with Crippen LogP contribution in [0, 0.1) is 0 Å². The van der Waals surface area contributed by atoms with Gasteiger partial charge in [-0.1, -0.05) is 12.1 Å². The number of nitrogens with zero attached hydrogens (tertiary/aromatic N) is 1. The number of para-hydroxylation sites is 1. The number of hydrogen-bond donors (Lipinski definition) is 1. The molecule has 1 aromatic carbocycles. The predicted molar refractivity (Wildman–Crippen MR) is 66.4 cm³/mol. The lowest BCUT2D eigenvalue weighted by molar-refractivity contribution is -0.0503. The molecule has 0 radical (unpaired) electrons. The monoisotopic (exact) mass is 270 g/mol. The van der Waals surface area contributed by atoms with Crippen molar-refractivity contribution in [2.75, 3.05) is 19.6 Å². The zero-order valence-corrected chi connectivity index (χ0v) is 10.6. The van der Waals surface area contributed by atoms with Gasteiger partial charge in [-0.25, -0.2) is 0 Å². The van der Waals surface area contributed by atoms with Gasteiger partial charge in [-0.2, -0.15) is 8.78 Å². The van der Waals surface area contributed by atoms with Gasteiger partial charge >= 0.3 is 6.61 Å². The number of hydrogen-bond acceptors (Lipinski definition) is 3. The van der Waals surface area contributed by atoms with Crippen molar-refractivity contribution >= 4 is 5.91 Å². The van der Waals surface area contributed by atoms with Crippen molar-refractivity contribution in [2.45, 2.75) is 19.6 Å². The fourth-order valence-electron chi connectivity index (χ4n) is 2.14. The molecule has 1 saturated heterocycles. The number of carbonyl (C=O) groups is 1. The molecular weight excluding hydrogens is 254 g/mol. The molecule has 19 heavy (non-hydrogen) atoms. The Morgan fingerprint density at radius 3 is 2.89 bits per heavy atom. The highest BCUT2D eigenvalue weighted by molar-refractivity contribution is 5.97. The van der Waals surface area contributed by atoms with Gasteiger partial charge in [0, 0.05) is 25.7 Å². The van der Waals surface area contributed by atoms with E-state index in [-0.39, 0.29) is 23.3 Å². The summed E-state index contributed by atoms with van der Waals surface area (Å²) < 4.78 is 29.0. The molecule has 1 heterocycles. The van der Waals surface area contributed by atoms with E-state index in [0.717, 1.165) is 0 Å². The van der Waals surface area contributed by atoms with Crippen LogP contribution in [0.2, 0.25) is 0 Å². The minimum atomic E-state index is -2.94. The van der Waals surface area contributed by atoms with E-state index in [1.54, 1.807) is 17.0 Å². The van der Waals surface area contributed by atoms with Crippen molar-refractivity contribution in [3.05, 3.63) is 29.8 Å². The molecule has 1 atom stereocenters. The van der Waals surface area contributed by atoms with Crippen LogP contribution in [0.3, 0.4) is 0 Å². The van der Waals surface area contributed by atoms with Gasteiger partial charge in [0.25, 0.3) is 5.91 Å². The number of carbonyl (C=O) groups excluding carboxylic acids is 1. The Kier molecular flexibility index (Phi) is 4.31. The molecule has 0 spiro atoms. The molecule has 1 amide bonds. The SMILES string of the molecule is C[C@H]1CNCCN1C(=O)c1ccccc1OC(F)F. The molecule has 1 aromatic rings. The minimum Gasteiger partial charge on any atom is -0.434 e. The summed E-state index contributed by atoms with van der Waals surface area (Å²) in [6.07, 6.45) is 0. The first kappa shape index (κ1) is 13.7. The summed E-state index contributed by atoms with van der Waals surface area (Å²) >= 11 is 0. The van der Waals surface area contributed by atoms with Crippen LogP contribution in [0.1, 0.15) is 17.3 Å². The van der Waals surface area contributed by atoms with Gasteiger partial charge in [-0.15, -0.1) is 0 Å². The van der Waals surface area contributed by atoms with E-state index >= 15 is 0 Å². The summed E-state index contributed by atoms with van der Waals surface area (Å²) in [6, 6.07) is 6.12. The number of ether oxygens (including phenoxy) is 1. The molecule has 1 aliphatic heterocycles. The van der Waals surface area contributed by atoms with E-state index in [4.69, 9.17) is 0 Å². The molecule has 0 saturated carbocycles. The summed E-state index contributed by atoms with van der Waals surface area (Å²) in [5.41, 5.74) is 0.177. The molecule has 0 aliphatic carbocycles. The second-order valence-corrected chi connectivity index (χ2v) is 4.43. The highest BCUT2D eigenvalue weighted by atomic mass is 19.3. The van der Waals surface area contributed by atoms with Crippen LogP contribution in [0.15, 0.2) is 24.3 Å². The van der Waals surface area contributed by atoms with Crippen molar-refractivity contribution < 1.29 is 18.3 Å². The lowest BCUT2D eigenvalue weighted by Gasteiger charge is -2.34. The van der Waals surface area contributed by atoms with Gasteiger partial charge in [0.1, 0.15) is 5.75 Å². The van der Waals surface area contributed by atoms with E-state index in [1.165, 1.54) is 12.1 Å². The van der Waals surface area contributed by atoms with Crippen LogP contribution in [0.4, 0.5) is 8.78 Å². The zero-order valence-electron chi connectivity index (χ0n) is 10.6. The summed E-state index contributed by atoms with van der Waals surface area (Å²) in [5, 5.41) is 3.17. The van der Waals surface area contributed by atoms with Crippen LogP contribution >= 0.6 is 0 Å². The second kappa shape index (κ2) is 5.97. The molecule has 4 nitrogen and oxygen atoms in total. The Morgan fingerprint density at radius 1 is 1.47 bits per heavy atom. The summed E-state index contributed by atoms with van der Waals surface area (Å²) in [4.78, 5) is 14.1. The lowest BCUT2D eigenvalue weighted by Crippen LogP contribution is -2.52. The number of benzene rings is 1. The maximum atomic E-state index is 12.4. The molecule has 0 aromatic heterocycles.